The number of hydrogen-bond donors (Lipinski definition) is 0. The standard InChI is InChI=1S/C32H31N3O2S4/c1-4-7-19-35-31(37)25(40-32(35)38)20-24-30(36)34(18-5-2)27(39-24)21-26-33(6-3)28(22-14-10-8-11-15-22)29(41-26)23-16-12-9-13-17-23/h5,8-17,20-21H,2,4,6-7,18-19H2,1,3H3. The summed E-state index contributed by atoms with van der Waals surface area (Å²) >= 11 is 9.84. The van der Waals surface area contributed by atoms with Gasteiger partial charge in [0.15, 0.2) is 3.95 Å². The zero-order valence-corrected chi connectivity index (χ0v) is 26.3. The Bertz CT molecular complexity index is 1910. The van der Waals surface area contributed by atoms with E-state index < -0.39 is 0 Å². The number of allylic oxidation sites excluding steroid dienone is 1. The average Bonchev–Trinajstić information content (AvgIpc) is 3.59. The van der Waals surface area contributed by atoms with Crippen LogP contribution in [0.3, 0.4) is 0 Å². The molecule has 5 aromatic rings. The highest BCUT2D eigenvalue weighted by Gasteiger charge is 2.27. The van der Waals surface area contributed by atoms with Crippen LogP contribution in [0.2, 0.25) is 0 Å². The highest BCUT2D eigenvalue weighted by molar-refractivity contribution is 7.73. The van der Waals surface area contributed by atoms with Gasteiger partial charge < -0.3 is 9.67 Å². The predicted molar refractivity (Wildman–Crippen MR) is 174 cm³/mol. The first-order valence-electron chi connectivity index (χ1n) is 13.6. The number of aromatic nitrogens is 3. The second-order valence-corrected chi connectivity index (χ2v) is 13.2. The van der Waals surface area contributed by atoms with Crippen LogP contribution < -0.4 is 24.4 Å². The van der Waals surface area contributed by atoms with Crippen LogP contribution in [0.15, 0.2) is 78.1 Å². The molecule has 5 nitrogen and oxygen atoms in total. The van der Waals surface area contributed by atoms with E-state index in [0.717, 1.165) is 45.9 Å². The van der Waals surface area contributed by atoms with E-state index in [2.05, 4.69) is 79.6 Å². The van der Waals surface area contributed by atoms with Gasteiger partial charge in [-0.15, -0.1) is 29.3 Å². The summed E-state index contributed by atoms with van der Waals surface area (Å²) < 4.78 is 7.55. The van der Waals surface area contributed by atoms with Gasteiger partial charge in [-0.05, 0) is 55.2 Å². The van der Waals surface area contributed by atoms with Crippen molar-refractivity contribution in [2.24, 2.45) is 0 Å². The maximum atomic E-state index is 13.6. The van der Waals surface area contributed by atoms with Gasteiger partial charge in [0, 0.05) is 23.5 Å². The molecule has 2 aromatic carbocycles. The minimum absolute atomic E-state index is 0.121. The van der Waals surface area contributed by atoms with Crippen LogP contribution in [0.25, 0.3) is 33.9 Å². The molecule has 0 aliphatic rings. The molecule has 0 radical (unpaired) electrons. The van der Waals surface area contributed by atoms with Gasteiger partial charge in [-0.25, -0.2) is 0 Å². The molecule has 0 saturated heterocycles. The van der Waals surface area contributed by atoms with Gasteiger partial charge in [0.05, 0.1) is 10.6 Å². The van der Waals surface area contributed by atoms with Gasteiger partial charge in [0.1, 0.15) is 16.1 Å². The quantitative estimate of drug-likeness (QED) is 0.111. The number of nitrogens with zero attached hydrogens (tertiary/aromatic N) is 3. The maximum Gasteiger partial charge on any atom is 0.269 e. The minimum atomic E-state index is -0.133. The van der Waals surface area contributed by atoms with Crippen LogP contribution in [0.4, 0.5) is 0 Å². The van der Waals surface area contributed by atoms with E-state index in [-0.39, 0.29) is 11.4 Å². The summed E-state index contributed by atoms with van der Waals surface area (Å²) in [5, 5.41) is 14.1. The summed E-state index contributed by atoms with van der Waals surface area (Å²) in [5.41, 5.74) is 3.31. The Morgan fingerprint density at radius 3 is 2.27 bits per heavy atom. The van der Waals surface area contributed by atoms with Crippen molar-refractivity contribution in [3.8, 4) is 27.6 Å². The molecule has 41 heavy (non-hydrogen) atoms. The van der Waals surface area contributed by atoms with Gasteiger partial charge in [0.25, 0.3) is 10.6 Å². The number of thiazole rings is 3. The van der Waals surface area contributed by atoms with E-state index in [4.69, 9.17) is 12.2 Å². The number of rotatable bonds is 10. The van der Waals surface area contributed by atoms with Gasteiger partial charge in [-0.2, -0.15) is 4.57 Å². The zero-order valence-electron chi connectivity index (χ0n) is 23.0. The van der Waals surface area contributed by atoms with E-state index in [9.17, 15) is 9.90 Å². The molecule has 5 rings (SSSR count). The first kappa shape index (κ1) is 29.1. The van der Waals surface area contributed by atoms with Crippen molar-refractivity contribution in [3.63, 3.8) is 0 Å². The fraction of sp³-hybridized carbons (Fsp3) is 0.219. The zero-order chi connectivity index (χ0) is 28.9. The third-order valence-corrected chi connectivity index (χ3v) is 10.3. The molecule has 0 N–H and O–H groups in total. The Labute approximate surface area is 256 Å². The largest absolute Gasteiger partial charge is 0.859 e. The van der Waals surface area contributed by atoms with E-state index in [1.54, 1.807) is 32.6 Å². The van der Waals surface area contributed by atoms with Crippen molar-refractivity contribution in [1.82, 2.24) is 9.13 Å². The molecule has 0 aliphatic carbocycles. The molecule has 0 spiro atoms. The summed E-state index contributed by atoms with van der Waals surface area (Å²) in [6.45, 7) is 9.85. The highest BCUT2D eigenvalue weighted by Crippen LogP contribution is 2.36. The number of hydrogen-bond acceptors (Lipinski definition) is 6. The Morgan fingerprint density at radius 1 is 0.951 bits per heavy atom. The molecule has 0 fully saturated rings. The van der Waals surface area contributed by atoms with Crippen LogP contribution in [0.1, 0.15) is 36.6 Å². The lowest BCUT2D eigenvalue weighted by Crippen LogP contribution is -2.37. The minimum Gasteiger partial charge on any atom is -0.859 e. The van der Waals surface area contributed by atoms with Crippen molar-refractivity contribution >= 4 is 58.4 Å². The number of unbranched alkanes of at least 4 members (excludes halogenated alkanes) is 1. The lowest BCUT2D eigenvalue weighted by Gasteiger charge is -2.11. The molecule has 0 amide bonds. The molecule has 3 aromatic heterocycles. The molecule has 0 aliphatic heterocycles. The van der Waals surface area contributed by atoms with Crippen molar-refractivity contribution in [2.75, 3.05) is 0 Å². The van der Waals surface area contributed by atoms with E-state index in [1.807, 2.05) is 12.1 Å². The van der Waals surface area contributed by atoms with Gasteiger partial charge in [-0.1, -0.05) is 79.3 Å². The second-order valence-electron chi connectivity index (χ2n) is 9.43. The third-order valence-electron chi connectivity index (χ3n) is 6.72. The molecule has 0 saturated carbocycles. The Hall–Kier alpha value is -3.37. The first-order valence-corrected chi connectivity index (χ1v) is 16.4. The summed E-state index contributed by atoms with van der Waals surface area (Å²) in [7, 11) is 0. The van der Waals surface area contributed by atoms with Crippen LogP contribution in [0.5, 0.6) is 5.88 Å². The van der Waals surface area contributed by atoms with Gasteiger partial charge in [0.2, 0.25) is 5.69 Å². The predicted octanol–water partition coefficient (Wildman–Crippen LogP) is 5.92. The van der Waals surface area contributed by atoms with E-state index in [1.165, 1.54) is 27.6 Å². The lowest BCUT2D eigenvalue weighted by molar-refractivity contribution is -0.679. The van der Waals surface area contributed by atoms with Crippen molar-refractivity contribution in [2.45, 2.75) is 46.3 Å². The molecular formula is C32H31N3O2S4. The van der Waals surface area contributed by atoms with Gasteiger partial charge in [-0.3, -0.25) is 9.36 Å². The van der Waals surface area contributed by atoms with Gasteiger partial charge >= 0.3 is 0 Å². The summed E-state index contributed by atoms with van der Waals surface area (Å²) in [4.78, 5) is 15.2. The van der Waals surface area contributed by atoms with Crippen LogP contribution in [0, 0.1) is 3.95 Å². The Kier molecular flexibility index (Phi) is 9.29. The normalized spacial score (nSPS) is 12.3. The topological polar surface area (TPSA) is 53.9 Å². The molecule has 210 valence electrons. The van der Waals surface area contributed by atoms with Crippen molar-refractivity contribution in [1.29, 1.82) is 0 Å². The monoisotopic (exact) mass is 617 g/mol. The second kappa shape index (κ2) is 13.1. The SMILES string of the molecule is C=CCn1c(=O)c(=Cc2sc(=S)n(CCCC)c2[O-])s/c1=C/c1sc(-c2ccccc2)c(-c2ccccc2)[n+]1CC. The van der Waals surface area contributed by atoms with Crippen LogP contribution >= 0.6 is 46.2 Å². The lowest BCUT2D eigenvalue weighted by atomic mass is 10.1. The van der Waals surface area contributed by atoms with Crippen molar-refractivity contribution in [3.05, 3.63) is 107 Å². The molecule has 0 bridgehead atoms. The smallest absolute Gasteiger partial charge is 0.269 e. The Balaban J connectivity index is 1.72. The highest BCUT2D eigenvalue weighted by atomic mass is 32.1. The first-order chi connectivity index (χ1) is 20.0. The average molecular weight is 618 g/mol. The summed E-state index contributed by atoms with van der Waals surface area (Å²) in [5.74, 6) is -0.121. The van der Waals surface area contributed by atoms with E-state index in [0.29, 0.717) is 26.5 Å². The molecule has 0 atom stereocenters. The van der Waals surface area contributed by atoms with Crippen LogP contribution in [-0.2, 0) is 19.6 Å². The van der Waals surface area contributed by atoms with E-state index >= 15 is 0 Å². The third kappa shape index (κ3) is 5.99. The number of benzene rings is 2. The molecular weight excluding hydrogens is 587 g/mol. The Morgan fingerprint density at radius 2 is 1.63 bits per heavy atom. The van der Waals surface area contributed by atoms with Crippen molar-refractivity contribution < 1.29 is 9.67 Å². The maximum absolute atomic E-state index is 13.6. The summed E-state index contributed by atoms with van der Waals surface area (Å²) in [6.07, 6.45) is 7.39. The summed E-state index contributed by atoms with van der Waals surface area (Å²) in [6, 6.07) is 20.8. The van der Waals surface area contributed by atoms with Crippen LogP contribution in [-0.4, -0.2) is 9.13 Å². The fourth-order valence-corrected chi connectivity index (χ4v) is 8.48. The fourth-order valence-electron chi connectivity index (χ4n) is 4.71. The molecule has 9 heteroatoms. The molecule has 0 unspecified atom stereocenters. The molecule has 3 heterocycles.